The van der Waals surface area contributed by atoms with Crippen molar-refractivity contribution in [2.24, 2.45) is 5.92 Å². The van der Waals surface area contributed by atoms with Gasteiger partial charge in [0.05, 0.1) is 17.7 Å². The van der Waals surface area contributed by atoms with Gasteiger partial charge in [0, 0.05) is 25.6 Å². The van der Waals surface area contributed by atoms with Gasteiger partial charge in [-0.15, -0.1) is 0 Å². The highest BCUT2D eigenvalue weighted by atomic mass is 32.2. The van der Waals surface area contributed by atoms with Gasteiger partial charge in [0.2, 0.25) is 15.9 Å². The van der Waals surface area contributed by atoms with Crippen molar-refractivity contribution >= 4 is 27.5 Å². The van der Waals surface area contributed by atoms with E-state index in [1.165, 1.54) is 16.4 Å². The van der Waals surface area contributed by atoms with Crippen LogP contribution in [0.3, 0.4) is 0 Å². The van der Waals surface area contributed by atoms with Gasteiger partial charge in [-0.3, -0.25) is 9.59 Å². The average molecular weight is 488 g/mol. The number of nitrogens with zero attached hydrogens (tertiary/aromatic N) is 1. The molecule has 0 unspecified atom stereocenters. The van der Waals surface area contributed by atoms with Crippen molar-refractivity contribution in [1.82, 2.24) is 9.62 Å². The lowest BCUT2D eigenvalue weighted by Crippen LogP contribution is -2.43. The molecule has 2 aromatic rings. The second-order valence-corrected chi connectivity index (χ2v) is 10.3. The molecule has 2 N–H and O–H groups in total. The standard InChI is InChI=1S/C24H29N3O6S/c1-3-21-24(29)26-20-14-19(7-8-22(20)33-21)34(30,31)27-11-9-17(10-12-27)23(28)25-15-16-5-4-6-18(13-16)32-2/h4-8,13-14,17,21H,3,9-12,15H2,1-2H3,(H,25,28)(H,26,29)/t21-/m1/s1. The van der Waals surface area contributed by atoms with Gasteiger partial charge in [-0.2, -0.15) is 4.31 Å². The van der Waals surface area contributed by atoms with Crippen LogP contribution in [0.2, 0.25) is 0 Å². The lowest BCUT2D eigenvalue weighted by atomic mass is 9.97. The van der Waals surface area contributed by atoms with E-state index in [-0.39, 0.29) is 35.7 Å². The smallest absolute Gasteiger partial charge is 0.265 e. The van der Waals surface area contributed by atoms with E-state index in [0.29, 0.717) is 37.2 Å². The Bertz CT molecular complexity index is 1170. The highest BCUT2D eigenvalue weighted by Crippen LogP contribution is 2.34. The Labute approximate surface area is 199 Å². The second kappa shape index (κ2) is 10.0. The van der Waals surface area contributed by atoms with E-state index in [2.05, 4.69) is 10.6 Å². The molecule has 0 aromatic heterocycles. The molecule has 34 heavy (non-hydrogen) atoms. The van der Waals surface area contributed by atoms with E-state index in [4.69, 9.17) is 9.47 Å². The third kappa shape index (κ3) is 5.02. The fraction of sp³-hybridized carbons (Fsp3) is 0.417. The number of carbonyl (C=O) groups excluding carboxylic acids is 2. The van der Waals surface area contributed by atoms with Crippen LogP contribution in [0, 0.1) is 5.92 Å². The first kappa shape index (κ1) is 24.0. The van der Waals surface area contributed by atoms with Gasteiger partial charge >= 0.3 is 0 Å². The number of hydrogen-bond acceptors (Lipinski definition) is 6. The number of amides is 2. The topological polar surface area (TPSA) is 114 Å². The summed E-state index contributed by atoms with van der Waals surface area (Å²) in [5, 5.41) is 5.66. The van der Waals surface area contributed by atoms with E-state index >= 15 is 0 Å². The minimum absolute atomic E-state index is 0.0843. The van der Waals surface area contributed by atoms with Crippen molar-refractivity contribution in [3.8, 4) is 11.5 Å². The predicted octanol–water partition coefficient (Wildman–Crippen LogP) is 2.52. The number of nitrogens with one attached hydrogen (secondary N) is 2. The molecule has 1 fully saturated rings. The summed E-state index contributed by atoms with van der Waals surface area (Å²) in [5.41, 5.74) is 1.28. The quantitative estimate of drug-likeness (QED) is 0.620. The first-order valence-corrected chi connectivity index (χ1v) is 12.8. The third-order valence-electron chi connectivity index (χ3n) is 6.20. The van der Waals surface area contributed by atoms with Crippen LogP contribution in [0.25, 0.3) is 0 Å². The number of benzene rings is 2. The first-order valence-electron chi connectivity index (χ1n) is 11.3. The fourth-order valence-corrected chi connectivity index (χ4v) is 5.68. The van der Waals surface area contributed by atoms with E-state index in [1.807, 2.05) is 31.2 Å². The molecule has 0 radical (unpaired) electrons. The summed E-state index contributed by atoms with van der Waals surface area (Å²) < 4.78 is 38.6. The molecule has 2 aliphatic rings. The first-order chi connectivity index (χ1) is 16.3. The molecule has 0 saturated carbocycles. The molecule has 9 nitrogen and oxygen atoms in total. The summed E-state index contributed by atoms with van der Waals surface area (Å²) in [6, 6.07) is 12.0. The minimum atomic E-state index is -3.76. The number of fused-ring (bicyclic) bond motifs is 1. The SMILES string of the molecule is CC[C@H]1Oc2ccc(S(=O)(=O)N3CCC(C(=O)NCc4cccc(OC)c4)CC3)cc2NC1=O. The van der Waals surface area contributed by atoms with Crippen LogP contribution in [-0.2, 0) is 26.2 Å². The number of anilines is 1. The van der Waals surface area contributed by atoms with Crippen LogP contribution in [0.5, 0.6) is 11.5 Å². The zero-order chi connectivity index (χ0) is 24.3. The zero-order valence-corrected chi connectivity index (χ0v) is 20.1. The van der Waals surface area contributed by atoms with Crippen molar-refractivity contribution in [2.75, 3.05) is 25.5 Å². The number of piperidine rings is 1. The summed E-state index contributed by atoms with van der Waals surface area (Å²) in [4.78, 5) is 24.8. The summed E-state index contributed by atoms with van der Waals surface area (Å²) in [6.07, 6.45) is 0.815. The third-order valence-corrected chi connectivity index (χ3v) is 8.10. The van der Waals surface area contributed by atoms with Crippen LogP contribution < -0.4 is 20.1 Å². The molecule has 2 amide bonds. The Kier molecular flexibility index (Phi) is 7.08. The number of methoxy groups -OCH3 is 1. The summed E-state index contributed by atoms with van der Waals surface area (Å²) >= 11 is 0. The second-order valence-electron chi connectivity index (χ2n) is 8.41. The van der Waals surface area contributed by atoms with Gasteiger partial charge in [-0.25, -0.2) is 8.42 Å². The molecule has 0 aliphatic carbocycles. The molecule has 2 aromatic carbocycles. The lowest BCUT2D eigenvalue weighted by Gasteiger charge is -2.31. The largest absolute Gasteiger partial charge is 0.497 e. The molecular formula is C24H29N3O6S. The van der Waals surface area contributed by atoms with Gasteiger partial charge in [0.1, 0.15) is 11.5 Å². The molecule has 2 aliphatic heterocycles. The number of sulfonamides is 1. The Morgan fingerprint density at radius 3 is 2.68 bits per heavy atom. The van der Waals surface area contributed by atoms with Crippen molar-refractivity contribution in [2.45, 2.75) is 43.7 Å². The maximum atomic E-state index is 13.2. The monoisotopic (exact) mass is 487 g/mol. The maximum Gasteiger partial charge on any atom is 0.265 e. The zero-order valence-electron chi connectivity index (χ0n) is 19.2. The van der Waals surface area contributed by atoms with Gasteiger partial charge in [-0.1, -0.05) is 19.1 Å². The molecule has 4 rings (SSSR count). The van der Waals surface area contributed by atoms with Crippen molar-refractivity contribution < 1.29 is 27.5 Å². The van der Waals surface area contributed by atoms with E-state index in [9.17, 15) is 18.0 Å². The molecule has 182 valence electrons. The minimum Gasteiger partial charge on any atom is -0.497 e. The van der Waals surface area contributed by atoms with E-state index < -0.39 is 16.1 Å². The number of carbonyl (C=O) groups is 2. The van der Waals surface area contributed by atoms with Crippen LogP contribution >= 0.6 is 0 Å². The number of ether oxygens (including phenoxy) is 2. The fourth-order valence-electron chi connectivity index (χ4n) is 4.18. The predicted molar refractivity (Wildman–Crippen MR) is 126 cm³/mol. The van der Waals surface area contributed by atoms with Gasteiger partial charge < -0.3 is 20.1 Å². The van der Waals surface area contributed by atoms with Crippen LogP contribution in [-0.4, -0.2) is 50.8 Å². The highest BCUT2D eigenvalue weighted by molar-refractivity contribution is 7.89. The van der Waals surface area contributed by atoms with Gasteiger partial charge in [0.25, 0.3) is 5.91 Å². The molecule has 1 atom stereocenters. The Hall–Kier alpha value is -3.11. The molecule has 0 bridgehead atoms. The Morgan fingerprint density at radius 2 is 1.97 bits per heavy atom. The highest BCUT2D eigenvalue weighted by Gasteiger charge is 2.33. The molecule has 1 saturated heterocycles. The van der Waals surface area contributed by atoms with E-state index in [1.54, 1.807) is 13.2 Å². The van der Waals surface area contributed by atoms with Crippen molar-refractivity contribution in [3.05, 3.63) is 48.0 Å². The Balaban J connectivity index is 1.35. The summed E-state index contributed by atoms with van der Waals surface area (Å²) in [7, 11) is -2.17. The normalized spacial score (nSPS) is 19.0. The molecule has 2 heterocycles. The van der Waals surface area contributed by atoms with Crippen molar-refractivity contribution in [3.63, 3.8) is 0 Å². The lowest BCUT2D eigenvalue weighted by molar-refractivity contribution is -0.126. The van der Waals surface area contributed by atoms with Gasteiger partial charge in [-0.05, 0) is 55.2 Å². The number of hydrogen-bond donors (Lipinski definition) is 2. The number of rotatable bonds is 7. The maximum absolute atomic E-state index is 13.2. The Morgan fingerprint density at radius 1 is 1.21 bits per heavy atom. The van der Waals surface area contributed by atoms with Crippen LogP contribution in [0.4, 0.5) is 5.69 Å². The van der Waals surface area contributed by atoms with E-state index in [0.717, 1.165) is 11.3 Å². The van der Waals surface area contributed by atoms with Crippen molar-refractivity contribution in [1.29, 1.82) is 0 Å². The molecule has 0 spiro atoms. The molecular weight excluding hydrogens is 458 g/mol. The average Bonchev–Trinajstić information content (AvgIpc) is 2.86. The van der Waals surface area contributed by atoms with Crippen LogP contribution in [0.1, 0.15) is 31.7 Å². The summed E-state index contributed by atoms with van der Waals surface area (Å²) in [6.45, 7) is 2.72. The van der Waals surface area contributed by atoms with Gasteiger partial charge in [0.15, 0.2) is 6.10 Å². The molecule has 10 heteroatoms. The summed E-state index contributed by atoms with van der Waals surface area (Å²) in [5.74, 6) is 0.559. The van der Waals surface area contributed by atoms with Crippen LogP contribution in [0.15, 0.2) is 47.4 Å².